The Hall–Kier alpha value is -1.27. The van der Waals surface area contributed by atoms with Crippen LogP contribution >= 0.6 is 0 Å². The highest BCUT2D eigenvalue weighted by atomic mass is 16.3. The maximum atomic E-state index is 8.62. The van der Waals surface area contributed by atoms with Crippen LogP contribution in [0.4, 0.5) is 0 Å². The van der Waals surface area contributed by atoms with Crippen molar-refractivity contribution in [2.45, 2.75) is 33.2 Å². The molecule has 3 nitrogen and oxygen atoms in total. The van der Waals surface area contributed by atoms with Gasteiger partial charge in [-0.1, -0.05) is 13.8 Å². The molecule has 0 bridgehead atoms. The van der Waals surface area contributed by atoms with E-state index < -0.39 is 0 Å². The van der Waals surface area contributed by atoms with E-state index in [1.54, 1.807) is 6.07 Å². The van der Waals surface area contributed by atoms with Crippen LogP contribution in [0.25, 0.3) is 0 Å². The molecule has 0 atom stereocenters. The first-order valence-electron chi connectivity index (χ1n) is 5.86. The van der Waals surface area contributed by atoms with Crippen molar-refractivity contribution in [3.8, 4) is 6.07 Å². The number of rotatable bonds is 5. The summed E-state index contributed by atoms with van der Waals surface area (Å²) in [6.07, 6.45) is 2.67. The minimum absolute atomic E-state index is 0.391. The van der Waals surface area contributed by atoms with Crippen LogP contribution in [-0.4, -0.2) is 6.54 Å². The van der Waals surface area contributed by atoms with E-state index >= 15 is 0 Å². The van der Waals surface area contributed by atoms with Gasteiger partial charge in [-0.3, -0.25) is 0 Å². The Balaban J connectivity index is 1.78. The van der Waals surface area contributed by atoms with Crippen LogP contribution in [-0.2, 0) is 6.54 Å². The van der Waals surface area contributed by atoms with Crippen molar-refractivity contribution in [3.05, 3.63) is 23.7 Å². The molecule has 1 aliphatic rings. The summed E-state index contributed by atoms with van der Waals surface area (Å²) in [5.74, 6) is 1.98. The number of hydrogen-bond donors (Lipinski definition) is 1. The van der Waals surface area contributed by atoms with Crippen LogP contribution in [0.15, 0.2) is 16.5 Å². The summed E-state index contributed by atoms with van der Waals surface area (Å²) in [7, 11) is 0. The second-order valence-electron chi connectivity index (χ2n) is 5.00. The van der Waals surface area contributed by atoms with Crippen LogP contribution in [0.2, 0.25) is 0 Å². The van der Waals surface area contributed by atoms with E-state index in [9.17, 15) is 0 Å². The fraction of sp³-hybridized carbons (Fsp3) is 0.615. The third-order valence-corrected chi connectivity index (χ3v) is 3.67. The summed E-state index contributed by atoms with van der Waals surface area (Å²) < 4.78 is 5.30. The molecule has 1 saturated carbocycles. The zero-order chi connectivity index (χ0) is 11.6. The molecule has 1 N–H and O–H groups in total. The molecule has 16 heavy (non-hydrogen) atoms. The summed E-state index contributed by atoms with van der Waals surface area (Å²) in [5.41, 5.74) is 0.519. The number of nitriles is 1. The van der Waals surface area contributed by atoms with Crippen LogP contribution in [0, 0.1) is 22.7 Å². The molecule has 86 valence electrons. The molecule has 0 aromatic carbocycles. The molecule has 0 saturated heterocycles. The van der Waals surface area contributed by atoms with Crippen molar-refractivity contribution in [2.75, 3.05) is 6.54 Å². The van der Waals surface area contributed by atoms with Crippen molar-refractivity contribution in [3.63, 3.8) is 0 Å². The highest BCUT2D eigenvalue weighted by Gasteiger charge is 2.44. The lowest BCUT2D eigenvalue weighted by molar-refractivity contribution is 0.331. The smallest absolute Gasteiger partial charge is 0.203 e. The van der Waals surface area contributed by atoms with E-state index in [2.05, 4.69) is 19.2 Å². The molecular weight excluding hydrogens is 200 g/mol. The zero-order valence-corrected chi connectivity index (χ0v) is 9.92. The predicted octanol–water partition coefficient (Wildman–Crippen LogP) is 2.68. The van der Waals surface area contributed by atoms with Gasteiger partial charge in [0.05, 0.1) is 6.54 Å². The van der Waals surface area contributed by atoms with Gasteiger partial charge in [0.15, 0.2) is 0 Å². The normalized spacial score (nSPS) is 17.4. The monoisotopic (exact) mass is 218 g/mol. The van der Waals surface area contributed by atoms with Gasteiger partial charge in [0.1, 0.15) is 11.8 Å². The summed E-state index contributed by atoms with van der Waals surface area (Å²) in [4.78, 5) is 0. The quantitative estimate of drug-likeness (QED) is 0.826. The summed E-state index contributed by atoms with van der Waals surface area (Å²) in [6.45, 7) is 6.34. The molecule has 3 heteroatoms. The highest BCUT2D eigenvalue weighted by Crippen LogP contribution is 2.51. The van der Waals surface area contributed by atoms with Gasteiger partial charge in [-0.25, -0.2) is 0 Å². The van der Waals surface area contributed by atoms with Gasteiger partial charge in [0, 0.05) is 6.54 Å². The van der Waals surface area contributed by atoms with Crippen molar-refractivity contribution in [1.82, 2.24) is 5.32 Å². The van der Waals surface area contributed by atoms with Crippen LogP contribution < -0.4 is 5.32 Å². The van der Waals surface area contributed by atoms with Crippen molar-refractivity contribution in [2.24, 2.45) is 11.3 Å². The van der Waals surface area contributed by atoms with Gasteiger partial charge in [-0.2, -0.15) is 5.26 Å². The van der Waals surface area contributed by atoms with Crippen molar-refractivity contribution >= 4 is 0 Å². The molecule has 1 aliphatic carbocycles. The van der Waals surface area contributed by atoms with E-state index in [1.165, 1.54) is 12.8 Å². The number of nitrogens with zero attached hydrogens (tertiary/aromatic N) is 1. The Labute approximate surface area is 96.4 Å². The zero-order valence-electron chi connectivity index (χ0n) is 9.92. The first kappa shape index (κ1) is 11.2. The fourth-order valence-corrected chi connectivity index (χ4v) is 2.09. The third kappa shape index (κ3) is 2.28. The molecule has 1 aromatic rings. The lowest BCUT2D eigenvalue weighted by Crippen LogP contribution is -2.27. The molecule has 0 aliphatic heterocycles. The average molecular weight is 218 g/mol. The standard InChI is InChI=1S/C13H18N2O/c1-10(2)13(5-6-13)9-15-8-12-4-3-11(7-14)16-12/h3-4,10,15H,5-6,8-9H2,1-2H3. The van der Waals surface area contributed by atoms with E-state index in [0.717, 1.165) is 24.8 Å². The minimum Gasteiger partial charge on any atom is -0.449 e. The molecule has 1 heterocycles. The van der Waals surface area contributed by atoms with Gasteiger partial charge < -0.3 is 9.73 Å². The molecule has 0 unspecified atom stereocenters. The van der Waals surface area contributed by atoms with Gasteiger partial charge in [-0.05, 0) is 36.3 Å². The Morgan fingerprint density at radius 2 is 2.25 bits per heavy atom. The molecule has 2 rings (SSSR count). The molecule has 0 radical (unpaired) electrons. The topological polar surface area (TPSA) is 49.0 Å². The second-order valence-corrected chi connectivity index (χ2v) is 5.00. The van der Waals surface area contributed by atoms with E-state index in [0.29, 0.717) is 11.2 Å². The Kier molecular flexibility index (Phi) is 3.02. The number of hydrogen-bond acceptors (Lipinski definition) is 3. The van der Waals surface area contributed by atoms with Crippen molar-refractivity contribution < 1.29 is 4.42 Å². The predicted molar refractivity (Wildman–Crippen MR) is 61.6 cm³/mol. The maximum Gasteiger partial charge on any atom is 0.203 e. The Morgan fingerprint density at radius 1 is 1.50 bits per heavy atom. The first-order chi connectivity index (χ1) is 7.66. The first-order valence-corrected chi connectivity index (χ1v) is 5.86. The average Bonchev–Trinajstić information content (AvgIpc) is 2.91. The van der Waals surface area contributed by atoms with Crippen LogP contribution in [0.5, 0.6) is 0 Å². The molecule has 1 fully saturated rings. The van der Waals surface area contributed by atoms with Crippen LogP contribution in [0.3, 0.4) is 0 Å². The van der Waals surface area contributed by atoms with E-state index in [-0.39, 0.29) is 0 Å². The lowest BCUT2D eigenvalue weighted by atomic mass is 9.92. The van der Waals surface area contributed by atoms with E-state index in [4.69, 9.17) is 9.68 Å². The lowest BCUT2D eigenvalue weighted by Gasteiger charge is -2.19. The van der Waals surface area contributed by atoms with E-state index in [1.807, 2.05) is 12.1 Å². The van der Waals surface area contributed by atoms with Gasteiger partial charge in [0.2, 0.25) is 5.76 Å². The maximum absolute atomic E-state index is 8.62. The summed E-state index contributed by atoms with van der Waals surface area (Å²) in [6, 6.07) is 5.57. The molecule has 0 spiro atoms. The van der Waals surface area contributed by atoms with Crippen molar-refractivity contribution in [1.29, 1.82) is 5.26 Å². The van der Waals surface area contributed by atoms with Gasteiger partial charge in [-0.15, -0.1) is 0 Å². The second kappa shape index (κ2) is 4.31. The van der Waals surface area contributed by atoms with Gasteiger partial charge in [0.25, 0.3) is 0 Å². The molecular formula is C13H18N2O. The van der Waals surface area contributed by atoms with Crippen LogP contribution in [0.1, 0.15) is 38.2 Å². The van der Waals surface area contributed by atoms with Gasteiger partial charge >= 0.3 is 0 Å². The SMILES string of the molecule is CC(C)C1(CNCc2ccc(C#N)o2)CC1. The Bertz CT molecular complexity index is 396. The molecule has 0 amide bonds. The number of furan rings is 1. The largest absolute Gasteiger partial charge is 0.449 e. The fourth-order valence-electron chi connectivity index (χ4n) is 2.09. The summed E-state index contributed by atoms with van der Waals surface area (Å²) in [5, 5.41) is 12.0. The molecule has 1 aromatic heterocycles. The summed E-state index contributed by atoms with van der Waals surface area (Å²) >= 11 is 0. The highest BCUT2D eigenvalue weighted by molar-refractivity contribution is 5.19. The number of nitrogens with one attached hydrogen (secondary N) is 1. The third-order valence-electron chi connectivity index (χ3n) is 3.67. The minimum atomic E-state index is 0.391. The Morgan fingerprint density at radius 3 is 2.75 bits per heavy atom.